The Balaban J connectivity index is 0.000000424. The highest BCUT2D eigenvalue weighted by Gasteiger charge is 1.87. The van der Waals surface area contributed by atoms with E-state index in [2.05, 4.69) is 45.3 Å². The summed E-state index contributed by atoms with van der Waals surface area (Å²) in [5.41, 5.74) is 1.39. The topological polar surface area (TPSA) is 15.8 Å². The van der Waals surface area contributed by atoms with Crippen LogP contribution >= 0.6 is 0 Å². The zero-order valence-electron chi connectivity index (χ0n) is 9.28. The van der Waals surface area contributed by atoms with E-state index in [1.807, 2.05) is 6.20 Å². The van der Waals surface area contributed by atoms with Crippen molar-refractivity contribution in [1.82, 2.24) is 4.98 Å². The summed E-state index contributed by atoms with van der Waals surface area (Å²) in [6.45, 7) is 12.4. The average Bonchev–Trinajstić information content (AvgIpc) is 2.52. The van der Waals surface area contributed by atoms with Crippen LogP contribution in [0.4, 0.5) is 0 Å². The third kappa shape index (κ3) is 3.97. The van der Waals surface area contributed by atoms with Crippen LogP contribution in [0.2, 0.25) is 0 Å². The monoisotopic (exact) mass is 179 g/mol. The maximum Gasteiger partial charge on any atom is 0.0380 e. The fourth-order valence-corrected chi connectivity index (χ4v) is 0.994. The highest BCUT2D eigenvalue weighted by atomic mass is 14.6. The first-order chi connectivity index (χ1) is 6.17. The molecule has 0 spiro atoms. The average molecular weight is 179 g/mol. The molecule has 0 saturated heterocycles. The minimum Gasteiger partial charge on any atom is -0.362 e. The normalized spacial score (nSPS) is 11.7. The third-order valence-corrected chi connectivity index (χ3v) is 1.82. The first-order valence-corrected chi connectivity index (χ1v) is 4.99. The van der Waals surface area contributed by atoms with Gasteiger partial charge in [-0.2, -0.15) is 0 Å². The van der Waals surface area contributed by atoms with E-state index in [0.717, 1.165) is 11.8 Å². The molecule has 0 bridgehead atoms. The first kappa shape index (κ1) is 12.0. The number of aromatic amines is 1. The molecular weight excluding hydrogens is 158 g/mol. The van der Waals surface area contributed by atoms with E-state index in [1.54, 1.807) is 0 Å². The second-order valence-corrected chi connectivity index (χ2v) is 3.21. The van der Waals surface area contributed by atoms with E-state index in [9.17, 15) is 0 Å². The molecule has 1 rings (SSSR count). The molecule has 0 saturated carbocycles. The number of nitrogens with one attached hydrogen (secondary N) is 1. The fourth-order valence-electron chi connectivity index (χ4n) is 0.994. The predicted molar refractivity (Wildman–Crippen MR) is 60.9 cm³/mol. The maximum atomic E-state index is 3.87. The molecule has 0 unspecified atom stereocenters. The second-order valence-electron chi connectivity index (χ2n) is 3.21. The molecule has 1 heteroatoms. The molecule has 0 aromatic carbocycles. The van der Waals surface area contributed by atoms with Crippen LogP contribution < -0.4 is 10.6 Å². The van der Waals surface area contributed by atoms with E-state index < -0.39 is 0 Å². The summed E-state index contributed by atoms with van der Waals surface area (Å²) >= 11 is 0. The Kier molecular flexibility index (Phi) is 6.03. The Morgan fingerprint density at radius 3 is 2.23 bits per heavy atom. The lowest BCUT2D eigenvalue weighted by atomic mass is 10.2. The molecule has 1 N–H and O–H groups in total. The van der Waals surface area contributed by atoms with Gasteiger partial charge in [-0.05, 0) is 24.6 Å². The van der Waals surface area contributed by atoms with Crippen molar-refractivity contribution in [3.8, 4) is 0 Å². The summed E-state index contributed by atoms with van der Waals surface area (Å²) in [4.78, 5) is 3.05. The standard InChI is InChI=1S/C9H13N.C3H8/c1-4-7(2)9-5-6-10-8(9)3;1-3-2/h5-6,10H,3-4H2,1-2H3;3H2,1-2H3/b9-7-;. The van der Waals surface area contributed by atoms with Gasteiger partial charge in [0.05, 0.1) is 0 Å². The highest BCUT2D eigenvalue weighted by molar-refractivity contribution is 5.40. The molecule has 0 fully saturated rings. The van der Waals surface area contributed by atoms with E-state index in [0.29, 0.717) is 0 Å². The van der Waals surface area contributed by atoms with Crippen molar-refractivity contribution >= 4 is 12.2 Å². The maximum absolute atomic E-state index is 3.87. The molecule has 1 aromatic rings. The van der Waals surface area contributed by atoms with Crippen LogP contribution in [-0.2, 0) is 0 Å². The number of H-pyrrole nitrogens is 1. The van der Waals surface area contributed by atoms with Crippen LogP contribution in [0, 0.1) is 0 Å². The van der Waals surface area contributed by atoms with Crippen LogP contribution in [0.1, 0.15) is 40.5 Å². The minimum absolute atomic E-state index is 1.03. The van der Waals surface area contributed by atoms with Gasteiger partial charge in [-0.3, -0.25) is 0 Å². The van der Waals surface area contributed by atoms with Gasteiger partial charge in [-0.1, -0.05) is 39.3 Å². The molecule has 0 aliphatic heterocycles. The molecule has 0 aliphatic carbocycles. The Bertz CT molecular complexity index is 319. The number of rotatable bonds is 1. The Morgan fingerprint density at radius 1 is 1.38 bits per heavy atom. The molecular formula is C12H21N. The largest absolute Gasteiger partial charge is 0.362 e. The van der Waals surface area contributed by atoms with Gasteiger partial charge in [0.15, 0.2) is 0 Å². The summed E-state index contributed by atoms with van der Waals surface area (Å²) in [5, 5.41) is 2.29. The molecule has 13 heavy (non-hydrogen) atoms. The summed E-state index contributed by atoms with van der Waals surface area (Å²) in [6.07, 6.45) is 4.28. The summed E-state index contributed by atoms with van der Waals surface area (Å²) in [5.74, 6) is 0. The Hall–Kier alpha value is -0.980. The molecule has 0 atom stereocenters. The molecule has 1 aromatic heterocycles. The molecule has 0 amide bonds. The van der Waals surface area contributed by atoms with Crippen molar-refractivity contribution < 1.29 is 0 Å². The second kappa shape index (κ2) is 6.53. The zero-order chi connectivity index (χ0) is 10.3. The van der Waals surface area contributed by atoms with Gasteiger partial charge < -0.3 is 4.98 Å². The lowest BCUT2D eigenvalue weighted by Crippen LogP contribution is -2.22. The van der Waals surface area contributed by atoms with Crippen molar-refractivity contribution in [3.05, 3.63) is 22.8 Å². The lowest BCUT2D eigenvalue weighted by Gasteiger charge is -1.89. The number of hydrogen-bond donors (Lipinski definition) is 1. The van der Waals surface area contributed by atoms with Crippen LogP contribution in [0.15, 0.2) is 12.3 Å². The molecule has 1 heterocycles. The van der Waals surface area contributed by atoms with E-state index in [1.165, 1.54) is 17.2 Å². The van der Waals surface area contributed by atoms with Crippen molar-refractivity contribution in [3.63, 3.8) is 0 Å². The first-order valence-electron chi connectivity index (χ1n) is 4.99. The van der Waals surface area contributed by atoms with Crippen molar-refractivity contribution in [1.29, 1.82) is 0 Å². The van der Waals surface area contributed by atoms with E-state index >= 15 is 0 Å². The van der Waals surface area contributed by atoms with Crippen molar-refractivity contribution in [2.24, 2.45) is 0 Å². The van der Waals surface area contributed by atoms with Gasteiger partial charge in [0.25, 0.3) is 0 Å². The van der Waals surface area contributed by atoms with Gasteiger partial charge in [-0.25, -0.2) is 0 Å². The van der Waals surface area contributed by atoms with Gasteiger partial charge in [0, 0.05) is 11.5 Å². The smallest absolute Gasteiger partial charge is 0.0380 e. The van der Waals surface area contributed by atoms with Crippen LogP contribution in [0.5, 0.6) is 0 Å². The SMILES string of the molecule is C=c1[nH]cc/c1=C(\C)CC.CCC. The minimum atomic E-state index is 1.03. The predicted octanol–water partition coefficient (Wildman–Crippen LogP) is 2.42. The third-order valence-electron chi connectivity index (χ3n) is 1.82. The quantitative estimate of drug-likeness (QED) is 0.681. The molecule has 74 valence electrons. The number of aromatic nitrogens is 1. The van der Waals surface area contributed by atoms with Gasteiger partial charge >= 0.3 is 0 Å². The lowest BCUT2D eigenvalue weighted by molar-refractivity contribution is 1.09. The van der Waals surface area contributed by atoms with Crippen LogP contribution in [-0.4, -0.2) is 4.98 Å². The summed E-state index contributed by atoms with van der Waals surface area (Å²) in [6, 6.07) is 2.07. The fraction of sp³-hybridized carbons (Fsp3) is 0.500. The highest BCUT2D eigenvalue weighted by Crippen LogP contribution is 1.93. The van der Waals surface area contributed by atoms with E-state index in [-0.39, 0.29) is 0 Å². The molecule has 0 aliphatic rings. The van der Waals surface area contributed by atoms with Crippen molar-refractivity contribution in [2.75, 3.05) is 0 Å². The summed E-state index contributed by atoms with van der Waals surface area (Å²) < 4.78 is 0. The van der Waals surface area contributed by atoms with Gasteiger partial charge in [0.2, 0.25) is 0 Å². The van der Waals surface area contributed by atoms with Crippen LogP contribution in [0.3, 0.4) is 0 Å². The molecule has 0 radical (unpaired) electrons. The van der Waals surface area contributed by atoms with E-state index in [4.69, 9.17) is 0 Å². The Morgan fingerprint density at radius 2 is 1.92 bits per heavy atom. The van der Waals surface area contributed by atoms with Gasteiger partial charge in [-0.15, -0.1) is 0 Å². The van der Waals surface area contributed by atoms with Crippen LogP contribution in [0.25, 0.3) is 12.2 Å². The van der Waals surface area contributed by atoms with Crippen molar-refractivity contribution in [2.45, 2.75) is 40.5 Å². The zero-order valence-corrected chi connectivity index (χ0v) is 9.28. The molecule has 1 nitrogen and oxygen atoms in total. The van der Waals surface area contributed by atoms with Gasteiger partial charge in [0.1, 0.15) is 0 Å². The summed E-state index contributed by atoms with van der Waals surface area (Å²) in [7, 11) is 0. The number of hydrogen-bond acceptors (Lipinski definition) is 0. The Labute approximate surface area is 81.2 Å².